The van der Waals surface area contributed by atoms with E-state index in [-0.39, 0.29) is 16.3 Å². The van der Waals surface area contributed by atoms with E-state index in [0.717, 1.165) is 27.8 Å². The van der Waals surface area contributed by atoms with E-state index in [0.29, 0.717) is 21.2 Å². The zero-order valence-electron chi connectivity index (χ0n) is 14.3. The minimum Gasteiger partial charge on any atom is -0.755 e. The van der Waals surface area contributed by atoms with Gasteiger partial charge in [-0.1, -0.05) is 29.8 Å². The van der Waals surface area contributed by atoms with Crippen LogP contribution in [0, 0.1) is 0 Å². The second-order valence-electron chi connectivity index (χ2n) is 5.49. The topological polar surface area (TPSA) is 110 Å². The average Bonchev–Trinajstić information content (AvgIpc) is 3.02. The summed E-state index contributed by atoms with van der Waals surface area (Å²) in [5.41, 5.74) is 1.01. The molecule has 1 unspecified atom stereocenters. The van der Waals surface area contributed by atoms with Gasteiger partial charge in [0.1, 0.15) is 26.4 Å². The lowest BCUT2D eigenvalue weighted by molar-refractivity contribution is 0.0694. The minimum absolute atomic E-state index is 0.0697. The highest BCUT2D eigenvalue weighted by molar-refractivity contribution is 7.81. The van der Waals surface area contributed by atoms with Gasteiger partial charge in [-0.05, 0) is 24.3 Å². The van der Waals surface area contributed by atoms with E-state index in [1.54, 1.807) is 30.3 Å². The summed E-state index contributed by atoms with van der Waals surface area (Å²) in [6.07, 6.45) is 0. The van der Waals surface area contributed by atoms with Crippen molar-refractivity contribution in [1.82, 2.24) is 0 Å². The van der Waals surface area contributed by atoms with Crippen molar-refractivity contribution in [2.24, 2.45) is 0 Å². The molecule has 0 saturated heterocycles. The molecule has 0 amide bonds. The van der Waals surface area contributed by atoms with E-state index in [1.165, 1.54) is 13.2 Å². The van der Waals surface area contributed by atoms with Crippen molar-refractivity contribution in [3.05, 3.63) is 58.4 Å². The number of hydrogen-bond acceptors (Lipinski definition) is 6. The molecule has 0 aliphatic carbocycles. The van der Waals surface area contributed by atoms with Crippen LogP contribution < -0.4 is 9.04 Å². The van der Waals surface area contributed by atoms with Gasteiger partial charge in [-0.15, -0.1) is 11.3 Å². The van der Waals surface area contributed by atoms with Gasteiger partial charge in [-0.25, -0.2) is 4.79 Å². The normalized spacial score (nSPS) is 11.8. The summed E-state index contributed by atoms with van der Waals surface area (Å²) in [6, 6.07) is 12.2. The predicted octanol–water partition coefficient (Wildman–Crippen LogP) is 4.41. The van der Waals surface area contributed by atoms with Crippen molar-refractivity contribution in [2.75, 3.05) is 11.4 Å². The maximum Gasteiger partial charge on any atom is 0.339 e. The second-order valence-corrected chi connectivity index (χ2v) is 7.92. The van der Waals surface area contributed by atoms with Gasteiger partial charge in [0, 0.05) is 17.2 Å². The van der Waals surface area contributed by atoms with Gasteiger partial charge in [-0.3, -0.25) is 8.51 Å². The molecule has 3 aromatic rings. The number of para-hydroxylation sites is 1. The second kappa shape index (κ2) is 8.19. The Labute approximate surface area is 171 Å². The zero-order valence-corrected chi connectivity index (χ0v) is 16.7. The van der Waals surface area contributed by atoms with Crippen molar-refractivity contribution in [3.63, 3.8) is 0 Å². The number of halogens is 1. The summed E-state index contributed by atoms with van der Waals surface area (Å²) in [4.78, 5) is 11.0. The largest absolute Gasteiger partial charge is 0.755 e. The van der Waals surface area contributed by atoms with Crippen molar-refractivity contribution in [3.8, 4) is 22.6 Å². The molecule has 7 nitrogen and oxygen atoms in total. The third-order valence-corrected chi connectivity index (χ3v) is 6.03. The predicted molar refractivity (Wildman–Crippen MR) is 107 cm³/mol. The Bertz CT molecular complexity index is 1070. The number of carbonyl (C=O) groups is 1. The fraction of sp³-hybridized carbons (Fsp3) is 0.0556. The minimum atomic E-state index is -2.74. The van der Waals surface area contributed by atoms with E-state index in [1.807, 2.05) is 0 Å². The molecule has 1 heterocycles. The van der Waals surface area contributed by atoms with Crippen LogP contribution in [0.5, 0.6) is 11.5 Å². The highest BCUT2D eigenvalue weighted by atomic mass is 35.5. The van der Waals surface area contributed by atoms with Gasteiger partial charge in [0.2, 0.25) is 0 Å². The van der Waals surface area contributed by atoms with E-state index in [4.69, 9.17) is 21.4 Å². The Hall–Kier alpha value is -2.59. The fourth-order valence-electron chi connectivity index (χ4n) is 2.62. The van der Waals surface area contributed by atoms with Crippen LogP contribution in [0.4, 0.5) is 10.7 Å². The number of rotatable bonds is 6. The Kier molecular flexibility index (Phi) is 5.90. The smallest absolute Gasteiger partial charge is 0.339 e. The summed E-state index contributed by atoms with van der Waals surface area (Å²) in [6.45, 7) is 0. The van der Waals surface area contributed by atoms with Crippen LogP contribution in [-0.4, -0.2) is 32.1 Å². The summed E-state index contributed by atoms with van der Waals surface area (Å²) in [5.74, 6) is -1.29. The maximum atomic E-state index is 11.9. The molecule has 1 aromatic heterocycles. The summed E-state index contributed by atoms with van der Waals surface area (Å²) >= 11 is 4.63. The molecule has 0 bridgehead atoms. The van der Waals surface area contributed by atoms with Gasteiger partial charge in [0.15, 0.2) is 0 Å². The van der Waals surface area contributed by atoms with Crippen LogP contribution in [-0.2, 0) is 11.3 Å². The Morgan fingerprint density at radius 2 is 1.93 bits per heavy atom. The van der Waals surface area contributed by atoms with Crippen LogP contribution in [0.25, 0.3) is 11.1 Å². The molecule has 0 fully saturated rings. The number of aromatic hydroxyl groups is 1. The molecule has 0 aliphatic heterocycles. The van der Waals surface area contributed by atoms with Crippen LogP contribution in [0.2, 0.25) is 4.34 Å². The van der Waals surface area contributed by atoms with E-state index < -0.39 is 23.0 Å². The number of nitrogens with zero attached hydrogens (tertiary/aromatic N) is 1. The number of thiophene rings is 1. The maximum absolute atomic E-state index is 11.9. The number of carboxylic acid groups (broad SMARTS) is 1. The summed E-state index contributed by atoms with van der Waals surface area (Å²) in [7, 11) is 1.52. The molecule has 0 radical (unpaired) electrons. The molecule has 0 aliphatic rings. The number of phenols is 1. The first kappa shape index (κ1) is 20.2. The highest BCUT2D eigenvalue weighted by Gasteiger charge is 2.20. The Morgan fingerprint density at radius 3 is 2.54 bits per heavy atom. The standard InChI is InChI=1S/C18H14ClNO6S2/c1-26-15-5-3-2-4-11(15)13-9-16(27-17(13)19)20(28(24)25)10-6-7-12(18(22)23)14(21)8-10/h2-9,21H,1H3,(H,22,23)(H,24,25)/p-1. The number of ether oxygens (including phenoxy) is 1. The van der Waals surface area contributed by atoms with Crippen LogP contribution in [0.3, 0.4) is 0 Å². The van der Waals surface area contributed by atoms with E-state index in [9.17, 15) is 18.7 Å². The molecule has 3 rings (SSSR count). The third kappa shape index (κ3) is 3.83. The Morgan fingerprint density at radius 1 is 1.21 bits per heavy atom. The molecule has 0 saturated carbocycles. The van der Waals surface area contributed by atoms with Gasteiger partial charge < -0.3 is 19.5 Å². The Balaban J connectivity index is 2.09. The molecule has 0 spiro atoms. The summed E-state index contributed by atoms with van der Waals surface area (Å²) in [5, 5.41) is 19.2. The van der Waals surface area contributed by atoms with Gasteiger partial charge in [0.25, 0.3) is 0 Å². The molecule has 2 N–H and O–H groups in total. The quantitative estimate of drug-likeness (QED) is 0.551. The van der Waals surface area contributed by atoms with Crippen molar-refractivity contribution in [2.45, 2.75) is 0 Å². The van der Waals surface area contributed by atoms with E-state index >= 15 is 0 Å². The monoisotopic (exact) mass is 438 g/mol. The molecule has 28 heavy (non-hydrogen) atoms. The van der Waals surface area contributed by atoms with Gasteiger partial charge in [-0.2, -0.15) is 0 Å². The average molecular weight is 439 g/mol. The molecular formula is C18H13ClNO6S2-. The summed E-state index contributed by atoms with van der Waals surface area (Å²) < 4.78 is 30.4. The molecule has 10 heteroatoms. The lowest BCUT2D eigenvalue weighted by Crippen LogP contribution is -2.18. The first-order valence-corrected chi connectivity index (χ1v) is 9.94. The highest BCUT2D eigenvalue weighted by Crippen LogP contribution is 2.45. The lowest BCUT2D eigenvalue weighted by Gasteiger charge is -2.25. The van der Waals surface area contributed by atoms with E-state index in [2.05, 4.69) is 0 Å². The number of anilines is 2. The number of benzene rings is 2. The molecular weight excluding hydrogens is 426 g/mol. The number of hydrogen-bond donors (Lipinski definition) is 2. The number of carboxylic acids is 1. The first-order chi connectivity index (χ1) is 13.3. The fourth-order valence-corrected chi connectivity index (χ4v) is 4.62. The number of methoxy groups -OCH3 is 1. The first-order valence-electron chi connectivity index (χ1n) is 7.72. The lowest BCUT2D eigenvalue weighted by atomic mass is 10.1. The van der Waals surface area contributed by atoms with Crippen LogP contribution in [0.1, 0.15) is 10.4 Å². The van der Waals surface area contributed by atoms with Crippen molar-refractivity contribution >= 4 is 50.9 Å². The zero-order chi connectivity index (χ0) is 20.4. The molecule has 2 aromatic carbocycles. The molecule has 146 valence electrons. The van der Waals surface area contributed by atoms with Gasteiger partial charge >= 0.3 is 5.97 Å². The third-order valence-electron chi connectivity index (χ3n) is 3.87. The van der Waals surface area contributed by atoms with Crippen LogP contribution in [0.15, 0.2) is 48.5 Å². The SMILES string of the molecule is COc1ccccc1-c1cc(N(c2ccc(C(=O)O)c(O)c2)S(=O)[O-])sc1Cl. The van der Waals surface area contributed by atoms with Crippen molar-refractivity contribution < 1.29 is 28.5 Å². The number of aromatic carboxylic acids is 1. The van der Waals surface area contributed by atoms with Gasteiger partial charge in [0.05, 0.1) is 24.1 Å². The van der Waals surface area contributed by atoms with Crippen molar-refractivity contribution in [1.29, 1.82) is 0 Å². The van der Waals surface area contributed by atoms with Crippen LogP contribution >= 0.6 is 22.9 Å². The molecule has 1 atom stereocenters.